The molecule has 1 aromatic rings. The molecule has 1 N–H and O–H groups in total. The van der Waals surface area contributed by atoms with Crippen LogP contribution in [0, 0.1) is 5.92 Å². The number of amides is 2. The number of unbranched alkanes of at least 4 members (excludes halogenated alkanes) is 2. The number of hydrogen-bond acceptors (Lipinski definition) is 3. The minimum Gasteiger partial charge on any atom is -0.395 e. The van der Waals surface area contributed by atoms with Crippen molar-refractivity contribution in [2.75, 3.05) is 26.7 Å². The molecule has 0 bridgehead atoms. The van der Waals surface area contributed by atoms with E-state index in [0.29, 0.717) is 18.1 Å². The van der Waals surface area contributed by atoms with Crippen LogP contribution in [-0.4, -0.2) is 53.5 Å². The molecule has 25 heavy (non-hydrogen) atoms. The third-order valence-corrected chi connectivity index (χ3v) is 5.04. The molecule has 5 nitrogen and oxygen atoms in total. The fourth-order valence-electron chi connectivity index (χ4n) is 3.48. The highest BCUT2D eigenvalue weighted by Crippen LogP contribution is 2.38. The number of nitrogens with zero attached hydrogens (tertiary/aromatic N) is 2. The zero-order chi connectivity index (χ0) is 18.4. The van der Waals surface area contributed by atoms with Gasteiger partial charge in [0.25, 0.3) is 0 Å². The van der Waals surface area contributed by atoms with Gasteiger partial charge in [0.05, 0.1) is 18.6 Å². The van der Waals surface area contributed by atoms with Crippen molar-refractivity contribution in [1.29, 1.82) is 0 Å². The Morgan fingerprint density at radius 2 is 2.12 bits per heavy atom. The molecule has 0 unspecified atom stereocenters. The van der Waals surface area contributed by atoms with Crippen LogP contribution in [0.3, 0.4) is 0 Å². The minimum atomic E-state index is -0.441. The van der Waals surface area contributed by atoms with Crippen LogP contribution in [0.1, 0.15) is 44.2 Å². The summed E-state index contributed by atoms with van der Waals surface area (Å²) in [7, 11) is 1.73. The Labute approximate surface area is 154 Å². The summed E-state index contributed by atoms with van der Waals surface area (Å²) < 4.78 is 0. The lowest BCUT2D eigenvalue weighted by Gasteiger charge is -2.30. The predicted molar refractivity (Wildman–Crippen MR) is 98.3 cm³/mol. The molecule has 0 aliphatic carbocycles. The molecule has 1 heterocycles. The first-order chi connectivity index (χ1) is 12.0. The van der Waals surface area contributed by atoms with Gasteiger partial charge >= 0.3 is 0 Å². The van der Waals surface area contributed by atoms with Gasteiger partial charge in [-0.25, -0.2) is 0 Å². The third-order valence-electron chi connectivity index (χ3n) is 4.81. The van der Waals surface area contributed by atoms with Crippen LogP contribution in [0.4, 0.5) is 0 Å². The SMILES string of the molecule is CCCCCN(CCO)C(=O)[C@H]1CC(=O)N(C)[C@H]1c1cccc(Cl)c1. The summed E-state index contributed by atoms with van der Waals surface area (Å²) in [6.07, 6.45) is 3.20. The molecule has 1 aliphatic heterocycles. The molecule has 138 valence electrons. The summed E-state index contributed by atoms with van der Waals surface area (Å²) in [5.41, 5.74) is 0.872. The Bertz CT molecular complexity index is 608. The molecule has 6 heteroatoms. The monoisotopic (exact) mass is 366 g/mol. The number of benzene rings is 1. The van der Waals surface area contributed by atoms with Gasteiger partial charge in [0.1, 0.15) is 0 Å². The lowest BCUT2D eigenvalue weighted by molar-refractivity contribution is -0.137. The number of likely N-dealkylation sites (tertiary alicyclic amines) is 1. The maximum absolute atomic E-state index is 13.1. The second-order valence-corrected chi connectivity index (χ2v) is 7.01. The van der Waals surface area contributed by atoms with Crippen molar-refractivity contribution in [3.63, 3.8) is 0 Å². The Morgan fingerprint density at radius 1 is 1.36 bits per heavy atom. The van der Waals surface area contributed by atoms with Gasteiger partial charge in [0.15, 0.2) is 0 Å². The van der Waals surface area contributed by atoms with Gasteiger partial charge < -0.3 is 14.9 Å². The van der Waals surface area contributed by atoms with Crippen LogP contribution in [0.15, 0.2) is 24.3 Å². The lowest BCUT2D eigenvalue weighted by Crippen LogP contribution is -2.40. The highest BCUT2D eigenvalue weighted by Gasteiger charge is 2.44. The number of hydrogen-bond donors (Lipinski definition) is 1. The lowest BCUT2D eigenvalue weighted by atomic mass is 9.92. The molecule has 2 rings (SSSR count). The minimum absolute atomic E-state index is 0.0409. The van der Waals surface area contributed by atoms with Crippen molar-refractivity contribution < 1.29 is 14.7 Å². The van der Waals surface area contributed by atoms with Crippen LogP contribution in [0.5, 0.6) is 0 Å². The summed E-state index contributed by atoms with van der Waals surface area (Å²) in [6, 6.07) is 7.02. The van der Waals surface area contributed by atoms with Crippen LogP contribution >= 0.6 is 11.6 Å². The molecule has 1 saturated heterocycles. The summed E-state index contributed by atoms with van der Waals surface area (Å²) in [5, 5.41) is 9.91. The Hall–Kier alpha value is -1.59. The van der Waals surface area contributed by atoms with Crippen molar-refractivity contribution in [2.45, 2.75) is 38.6 Å². The Balaban J connectivity index is 2.23. The van der Waals surface area contributed by atoms with E-state index in [9.17, 15) is 14.7 Å². The summed E-state index contributed by atoms with van der Waals surface area (Å²) in [4.78, 5) is 28.7. The van der Waals surface area contributed by atoms with E-state index in [0.717, 1.165) is 24.8 Å². The van der Waals surface area contributed by atoms with E-state index in [1.165, 1.54) is 0 Å². The zero-order valence-corrected chi connectivity index (χ0v) is 15.7. The fourth-order valence-corrected chi connectivity index (χ4v) is 3.68. The van der Waals surface area contributed by atoms with Crippen molar-refractivity contribution in [3.05, 3.63) is 34.9 Å². The van der Waals surface area contributed by atoms with Crippen molar-refractivity contribution in [2.24, 2.45) is 5.92 Å². The standard InChI is InChI=1S/C19H27ClN2O3/c1-3-4-5-9-22(10-11-23)19(25)16-13-17(24)21(2)18(16)14-7-6-8-15(20)12-14/h6-8,12,16,18,23H,3-5,9-11,13H2,1-2H3/t16-,18-/m0/s1. The third kappa shape index (κ3) is 4.73. The van der Waals surface area contributed by atoms with Crippen molar-refractivity contribution in [1.82, 2.24) is 9.80 Å². The van der Waals surface area contributed by atoms with Gasteiger partial charge in [-0.15, -0.1) is 0 Å². The van der Waals surface area contributed by atoms with Gasteiger partial charge in [0, 0.05) is 31.6 Å². The summed E-state index contributed by atoms with van der Waals surface area (Å²) in [6.45, 7) is 2.96. The van der Waals surface area contributed by atoms with Crippen LogP contribution in [-0.2, 0) is 9.59 Å². The van der Waals surface area contributed by atoms with Gasteiger partial charge in [-0.2, -0.15) is 0 Å². The Kier molecular flexibility index (Phi) is 7.26. The summed E-state index contributed by atoms with van der Waals surface area (Å²) >= 11 is 6.10. The van der Waals surface area contributed by atoms with Gasteiger partial charge in [-0.1, -0.05) is 43.5 Å². The smallest absolute Gasteiger partial charge is 0.228 e. The molecule has 0 radical (unpaired) electrons. The van der Waals surface area contributed by atoms with Crippen molar-refractivity contribution >= 4 is 23.4 Å². The predicted octanol–water partition coefficient (Wildman–Crippen LogP) is 2.87. The maximum Gasteiger partial charge on any atom is 0.228 e. The maximum atomic E-state index is 13.1. The number of halogens is 1. The topological polar surface area (TPSA) is 60.9 Å². The van der Waals surface area contributed by atoms with E-state index in [1.54, 1.807) is 22.9 Å². The van der Waals surface area contributed by atoms with E-state index in [4.69, 9.17) is 11.6 Å². The number of aliphatic hydroxyl groups is 1. The first-order valence-corrected chi connectivity index (χ1v) is 9.28. The average molecular weight is 367 g/mol. The number of carbonyl (C=O) groups is 2. The summed E-state index contributed by atoms with van der Waals surface area (Å²) in [5.74, 6) is -0.544. The molecular weight excluding hydrogens is 340 g/mol. The van der Waals surface area contributed by atoms with Crippen LogP contribution in [0.25, 0.3) is 0 Å². The molecule has 1 fully saturated rings. The molecule has 1 aliphatic rings. The molecule has 0 saturated carbocycles. The number of carbonyl (C=O) groups excluding carboxylic acids is 2. The molecule has 0 aromatic heterocycles. The molecule has 2 amide bonds. The molecule has 1 aromatic carbocycles. The van der Waals surface area contributed by atoms with E-state index < -0.39 is 5.92 Å². The molecule has 2 atom stereocenters. The first kappa shape index (κ1) is 19.7. The zero-order valence-electron chi connectivity index (χ0n) is 14.9. The number of rotatable bonds is 8. The van der Waals surface area contributed by atoms with Crippen molar-refractivity contribution in [3.8, 4) is 0 Å². The van der Waals surface area contributed by atoms with Crippen LogP contribution in [0.2, 0.25) is 5.02 Å². The first-order valence-electron chi connectivity index (χ1n) is 8.90. The highest BCUT2D eigenvalue weighted by molar-refractivity contribution is 6.30. The van der Waals surface area contributed by atoms with Gasteiger partial charge in [-0.05, 0) is 24.1 Å². The Morgan fingerprint density at radius 3 is 2.76 bits per heavy atom. The highest BCUT2D eigenvalue weighted by atomic mass is 35.5. The number of aliphatic hydroxyl groups excluding tert-OH is 1. The average Bonchev–Trinajstić information content (AvgIpc) is 2.89. The quantitative estimate of drug-likeness (QED) is 0.719. The largest absolute Gasteiger partial charge is 0.395 e. The second-order valence-electron chi connectivity index (χ2n) is 6.57. The van der Waals surface area contributed by atoms with E-state index in [-0.39, 0.29) is 30.9 Å². The second kappa shape index (κ2) is 9.20. The molecule has 0 spiro atoms. The molecular formula is C19H27ClN2O3. The van der Waals surface area contributed by atoms with Gasteiger partial charge in [0.2, 0.25) is 11.8 Å². The van der Waals surface area contributed by atoms with Crippen LogP contribution < -0.4 is 0 Å². The van der Waals surface area contributed by atoms with E-state index in [1.807, 2.05) is 18.2 Å². The normalized spacial score (nSPS) is 20.2. The fraction of sp³-hybridized carbons (Fsp3) is 0.579. The van der Waals surface area contributed by atoms with E-state index in [2.05, 4.69) is 6.92 Å². The van der Waals surface area contributed by atoms with E-state index >= 15 is 0 Å². The van der Waals surface area contributed by atoms with Gasteiger partial charge in [-0.3, -0.25) is 9.59 Å².